The first-order chi connectivity index (χ1) is 13.7. The summed E-state index contributed by atoms with van der Waals surface area (Å²) < 4.78 is 40.2. The molecule has 10 heteroatoms. The molecule has 152 valence electrons. The van der Waals surface area contributed by atoms with Crippen molar-refractivity contribution in [3.8, 4) is 17.6 Å². The Bertz CT molecular complexity index is 917. The van der Waals surface area contributed by atoms with Crippen LogP contribution in [0.25, 0.3) is 0 Å². The maximum absolute atomic E-state index is 12.1. The molecule has 0 aliphatic heterocycles. The average molecular weight is 407 g/mol. The molecule has 0 saturated carbocycles. The van der Waals surface area contributed by atoms with Crippen LogP contribution in [-0.4, -0.2) is 36.0 Å². The Balaban J connectivity index is 2.02. The van der Waals surface area contributed by atoms with Crippen LogP contribution in [0.4, 0.5) is 13.2 Å². The fourth-order valence-electron chi connectivity index (χ4n) is 2.14. The molecule has 5 N–H and O–H groups in total. The van der Waals surface area contributed by atoms with Crippen molar-refractivity contribution in [1.82, 2.24) is 10.8 Å². The number of amides is 2. The zero-order valence-electron chi connectivity index (χ0n) is 14.8. The Hall–Kier alpha value is -3.55. The maximum Gasteiger partial charge on any atom is 0.573 e. The van der Waals surface area contributed by atoms with Crippen molar-refractivity contribution < 1.29 is 32.7 Å². The first kappa shape index (κ1) is 21.7. The standard InChI is InChI=1S/C19H16F3N3O4/c20-19(21,22)29-15-9-5-13(6-10-15)2-1-12-3-7-14(8-4-12)17(26)24-16(11-23)18(27)25-28/h3-10,16,28H,11,23H2,(H,24,26)(H,25,27)/t16-/m0/s1. The number of hydrogen-bond acceptors (Lipinski definition) is 5. The van der Waals surface area contributed by atoms with Gasteiger partial charge in [0.25, 0.3) is 11.8 Å². The molecular formula is C19H16F3N3O4. The molecule has 0 bridgehead atoms. The van der Waals surface area contributed by atoms with Crippen LogP contribution >= 0.6 is 0 Å². The summed E-state index contributed by atoms with van der Waals surface area (Å²) in [6.07, 6.45) is -4.76. The Morgan fingerprint density at radius 3 is 2.00 bits per heavy atom. The van der Waals surface area contributed by atoms with Crippen molar-refractivity contribution in [2.75, 3.05) is 6.54 Å². The number of hydroxylamine groups is 1. The van der Waals surface area contributed by atoms with Gasteiger partial charge in [0, 0.05) is 23.2 Å². The number of halogens is 3. The van der Waals surface area contributed by atoms with Crippen molar-refractivity contribution in [2.45, 2.75) is 12.4 Å². The van der Waals surface area contributed by atoms with Gasteiger partial charge in [0.2, 0.25) is 0 Å². The molecule has 7 nitrogen and oxygen atoms in total. The Kier molecular flexibility index (Phi) is 7.19. The minimum Gasteiger partial charge on any atom is -0.406 e. The highest BCUT2D eigenvalue weighted by molar-refractivity contribution is 5.97. The van der Waals surface area contributed by atoms with E-state index in [0.29, 0.717) is 11.1 Å². The first-order valence-electron chi connectivity index (χ1n) is 8.14. The largest absolute Gasteiger partial charge is 0.573 e. The summed E-state index contributed by atoms with van der Waals surface area (Å²) in [5.41, 5.74) is 8.05. The Labute approximate surface area is 163 Å². The summed E-state index contributed by atoms with van der Waals surface area (Å²) >= 11 is 0. The fraction of sp³-hybridized carbons (Fsp3) is 0.158. The molecule has 0 fully saturated rings. The number of alkyl halides is 3. The predicted octanol–water partition coefficient (Wildman–Crippen LogP) is 1.55. The quantitative estimate of drug-likeness (QED) is 0.341. The van der Waals surface area contributed by atoms with Gasteiger partial charge in [-0.05, 0) is 48.5 Å². The SMILES string of the molecule is NC[C@H](NC(=O)c1ccc(C#Cc2ccc(OC(F)(F)F)cc2)cc1)C(=O)NO. The van der Waals surface area contributed by atoms with Crippen LogP contribution in [-0.2, 0) is 4.79 Å². The second kappa shape index (κ2) is 9.59. The maximum atomic E-state index is 12.1. The van der Waals surface area contributed by atoms with Gasteiger partial charge >= 0.3 is 6.36 Å². The summed E-state index contributed by atoms with van der Waals surface area (Å²) in [7, 11) is 0. The third-order valence-corrected chi connectivity index (χ3v) is 3.55. The lowest BCUT2D eigenvalue weighted by Crippen LogP contribution is -2.50. The topological polar surface area (TPSA) is 114 Å². The highest BCUT2D eigenvalue weighted by Crippen LogP contribution is 2.22. The van der Waals surface area contributed by atoms with E-state index in [1.54, 1.807) is 12.1 Å². The van der Waals surface area contributed by atoms with Gasteiger partial charge in [0.15, 0.2) is 0 Å². The normalized spacial score (nSPS) is 11.6. The number of nitrogens with one attached hydrogen (secondary N) is 2. The van der Waals surface area contributed by atoms with Gasteiger partial charge in [-0.2, -0.15) is 0 Å². The molecule has 0 aliphatic rings. The van der Waals surface area contributed by atoms with Crippen LogP contribution in [0.2, 0.25) is 0 Å². The molecule has 2 aromatic rings. The summed E-state index contributed by atoms with van der Waals surface area (Å²) in [6.45, 7) is -0.200. The van der Waals surface area contributed by atoms with E-state index in [1.807, 2.05) is 0 Å². The van der Waals surface area contributed by atoms with Crippen LogP contribution in [0.15, 0.2) is 48.5 Å². The molecule has 0 aliphatic carbocycles. The highest BCUT2D eigenvalue weighted by Gasteiger charge is 2.30. The van der Waals surface area contributed by atoms with E-state index in [4.69, 9.17) is 10.9 Å². The molecule has 1 atom stereocenters. The molecule has 2 rings (SSSR count). The molecule has 2 aromatic carbocycles. The van der Waals surface area contributed by atoms with Crippen molar-refractivity contribution >= 4 is 11.8 Å². The molecular weight excluding hydrogens is 391 g/mol. The molecule has 0 heterocycles. The molecule has 0 aromatic heterocycles. The van der Waals surface area contributed by atoms with Crippen LogP contribution < -0.4 is 21.3 Å². The number of carbonyl (C=O) groups excluding carboxylic acids is 2. The predicted molar refractivity (Wildman–Crippen MR) is 95.8 cm³/mol. The van der Waals surface area contributed by atoms with E-state index in [-0.39, 0.29) is 17.9 Å². The molecule has 2 amide bonds. The van der Waals surface area contributed by atoms with Crippen molar-refractivity contribution in [3.05, 3.63) is 65.2 Å². The third kappa shape index (κ3) is 6.84. The third-order valence-electron chi connectivity index (χ3n) is 3.55. The zero-order chi connectivity index (χ0) is 21.4. The van der Waals surface area contributed by atoms with Crippen molar-refractivity contribution in [3.63, 3.8) is 0 Å². The lowest BCUT2D eigenvalue weighted by atomic mass is 10.1. The fourth-order valence-corrected chi connectivity index (χ4v) is 2.14. The van der Waals surface area contributed by atoms with Gasteiger partial charge in [0.05, 0.1) is 0 Å². The van der Waals surface area contributed by atoms with E-state index in [1.165, 1.54) is 29.7 Å². The van der Waals surface area contributed by atoms with E-state index in [9.17, 15) is 22.8 Å². The van der Waals surface area contributed by atoms with E-state index < -0.39 is 24.2 Å². The average Bonchev–Trinajstić information content (AvgIpc) is 2.70. The van der Waals surface area contributed by atoms with Crippen molar-refractivity contribution in [2.24, 2.45) is 5.73 Å². The molecule has 0 unspecified atom stereocenters. The van der Waals surface area contributed by atoms with E-state index >= 15 is 0 Å². The molecule has 29 heavy (non-hydrogen) atoms. The summed E-state index contributed by atoms with van der Waals surface area (Å²) in [5, 5.41) is 11.0. The van der Waals surface area contributed by atoms with Gasteiger partial charge in [-0.1, -0.05) is 11.8 Å². The van der Waals surface area contributed by atoms with Crippen LogP contribution in [0.3, 0.4) is 0 Å². The number of ether oxygens (including phenoxy) is 1. The van der Waals surface area contributed by atoms with Gasteiger partial charge < -0.3 is 15.8 Å². The number of rotatable bonds is 5. The van der Waals surface area contributed by atoms with Gasteiger partial charge in [-0.3, -0.25) is 14.8 Å². The second-order valence-electron chi connectivity index (χ2n) is 5.64. The zero-order valence-corrected chi connectivity index (χ0v) is 14.8. The number of benzene rings is 2. The van der Waals surface area contributed by atoms with E-state index in [2.05, 4.69) is 21.9 Å². The van der Waals surface area contributed by atoms with Gasteiger partial charge in [-0.25, -0.2) is 5.48 Å². The van der Waals surface area contributed by atoms with Crippen LogP contribution in [0.1, 0.15) is 21.5 Å². The van der Waals surface area contributed by atoms with Crippen LogP contribution in [0, 0.1) is 11.8 Å². The number of hydrogen-bond donors (Lipinski definition) is 4. The van der Waals surface area contributed by atoms with Crippen molar-refractivity contribution in [1.29, 1.82) is 0 Å². The molecule has 0 radical (unpaired) electrons. The monoisotopic (exact) mass is 407 g/mol. The van der Waals surface area contributed by atoms with Crippen LogP contribution in [0.5, 0.6) is 5.75 Å². The summed E-state index contributed by atoms with van der Waals surface area (Å²) in [6, 6.07) is 10.1. The minimum atomic E-state index is -4.76. The second-order valence-corrected chi connectivity index (χ2v) is 5.64. The lowest BCUT2D eigenvalue weighted by Gasteiger charge is -2.14. The lowest BCUT2D eigenvalue weighted by molar-refractivity contribution is -0.274. The number of nitrogens with two attached hydrogens (primary N) is 1. The van der Waals surface area contributed by atoms with E-state index in [0.717, 1.165) is 12.1 Å². The number of carbonyl (C=O) groups is 2. The summed E-state index contributed by atoms with van der Waals surface area (Å²) in [5.74, 6) is 3.84. The Morgan fingerprint density at radius 1 is 1.03 bits per heavy atom. The molecule has 0 spiro atoms. The Morgan fingerprint density at radius 2 is 1.55 bits per heavy atom. The smallest absolute Gasteiger partial charge is 0.406 e. The highest BCUT2D eigenvalue weighted by atomic mass is 19.4. The van der Waals surface area contributed by atoms with Gasteiger partial charge in [0.1, 0.15) is 11.8 Å². The summed E-state index contributed by atoms with van der Waals surface area (Å²) in [4.78, 5) is 23.4. The van der Waals surface area contributed by atoms with Gasteiger partial charge in [-0.15, -0.1) is 13.2 Å². The first-order valence-corrected chi connectivity index (χ1v) is 8.14. The minimum absolute atomic E-state index is 0.200. The molecule has 0 saturated heterocycles.